The first-order valence-corrected chi connectivity index (χ1v) is 3.35. The van der Waals surface area contributed by atoms with Crippen LogP contribution in [0.5, 0.6) is 5.75 Å². The van der Waals surface area contributed by atoms with Gasteiger partial charge >= 0.3 is 0 Å². The standard InChI is InChI=1S/C9H7NO2/c1-12-9-7(5-10)3-2-4-8(9)6-11/h2-4,6H,1H3. The molecule has 0 aliphatic rings. The zero-order chi connectivity index (χ0) is 8.97. The third kappa shape index (κ3) is 1.28. The molecule has 0 saturated carbocycles. The van der Waals surface area contributed by atoms with Crippen LogP contribution in [0.2, 0.25) is 0 Å². The van der Waals surface area contributed by atoms with E-state index in [4.69, 9.17) is 10.00 Å². The molecule has 3 heteroatoms. The van der Waals surface area contributed by atoms with E-state index in [9.17, 15) is 4.79 Å². The van der Waals surface area contributed by atoms with Crippen LogP contribution in [-0.2, 0) is 0 Å². The monoisotopic (exact) mass is 161 g/mol. The molecule has 1 aromatic rings. The SMILES string of the molecule is COc1c(C#N)cccc1C=O. The highest BCUT2D eigenvalue weighted by Gasteiger charge is 2.06. The molecule has 0 radical (unpaired) electrons. The van der Waals surface area contributed by atoms with Crippen LogP contribution in [-0.4, -0.2) is 13.4 Å². The van der Waals surface area contributed by atoms with Crippen molar-refractivity contribution in [3.63, 3.8) is 0 Å². The van der Waals surface area contributed by atoms with Crippen LogP contribution < -0.4 is 4.74 Å². The summed E-state index contributed by atoms with van der Waals surface area (Å²) in [5.41, 5.74) is 0.777. The minimum atomic E-state index is 0.343. The molecule has 60 valence electrons. The van der Waals surface area contributed by atoms with Crippen molar-refractivity contribution in [3.05, 3.63) is 29.3 Å². The Morgan fingerprint density at radius 2 is 2.33 bits per heavy atom. The average Bonchev–Trinajstić information content (AvgIpc) is 2.16. The molecule has 3 nitrogen and oxygen atoms in total. The minimum absolute atomic E-state index is 0.343. The first-order chi connectivity index (χ1) is 5.83. The van der Waals surface area contributed by atoms with Crippen molar-refractivity contribution in [2.45, 2.75) is 0 Å². The zero-order valence-corrected chi connectivity index (χ0v) is 6.57. The van der Waals surface area contributed by atoms with Crippen molar-refractivity contribution >= 4 is 6.29 Å². The average molecular weight is 161 g/mol. The molecule has 12 heavy (non-hydrogen) atoms. The molecular formula is C9H7NO2. The maximum atomic E-state index is 10.5. The Morgan fingerprint density at radius 3 is 2.83 bits per heavy atom. The van der Waals surface area contributed by atoms with Gasteiger partial charge in [-0.3, -0.25) is 4.79 Å². The zero-order valence-electron chi connectivity index (χ0n) is 6.57. The molecule has 0 saturated heterocycles. The highest BCUT2D eigenvalue weighted by atomic mass is 16.5. The second-order valence-electron chi connectivity index (χ2n) is 2.16. The number of para-hydroxylation sites is 1. The second-order valence-corrected chi connectivity index (χ2v) is 2.16. The van der Waals surface area contributed by atoms with Crippen molar-refractivity contribution in [2.24, 2.45) is 0 Å². The van der Waals surface area contributed by atoms with E-state index in [0.717, 1.165) is 0 Å². The van der Waals surface area contributed by atoms with Crippen LogP contribution in [0.1, 0.15) is 15.9 Å². The van der Waals surface area contributed by atoms with E-state index >= 15 is 0 Å². The van der Waals surface area contributed by atoms with Gasteiger partial charge in [-0.05, 0) is 12.1 Å². The van der Waals surface area contributed by atoms with Gasteiger partial charge in [-0.2, -0.15) is 5.26 Å². The lowest BCUT2D eigenvalue weighted by Gasteiger charge is -2.03. The third-order valence-corrected chi connectivity index (χ3v) is 1.50. The molecule has 1 aromatic carbocycles. The number of nitriles is 1. The van der Waals surface area contributed by atoms with Gasteiger partial charge in [0.1, 0.15) is 11.8 Å². The number of carbonyl (C=O) groups is 1. The number of hydrogen-bond donors (Lipinski definition) is 0. The first-order valence-electron chi connectivity index (χ1n) is 3.35. The van der Waals surface area contributed by atoms with E-state index in [0.29, 0.717) is 23.2 Å². The smallest absolute Gasteiger partial charge is 0.153 e. The summed E-state index contributed by atoms with van der Waals surface area (Å²) in [4.78, 5) is 10.5. The Balaban J connectivity index is 3.34. The molecule has 0 heterocycles. The fourth-order valence-corrected chi connectivity index (χ4v) is 0.964. The summed E-state index contributed by atoms with van der Waals surface area (Å²) in [6.07, 6.45) is 0.666. The fourth-order valence-electron chi connectivity index (χ4n) is 0.964. The number of methoxy groups -OCH3 is 1. The molecule has 0 N–H and O–H groups in total. The van der Waals surface area contributed by atoms with E-state index in [1.807, 2.05) is 6.07 Å². The molecule has 0 aliphatic carbocycles. The quantitative estimate of drug-likeness (QED) is 0.615. The van der Waals surface area contributed by atoms with Crippen LogP contribution in [0.3, 0.4) is 0 Å². The maximum Gasteiger partial charge on any atom is 0.153 e. The van der Waals surface area contributed by atoms with Crippen molar-refractivity contribution in [2.75, 3.05) is 7.11 Å². The lowest BCUT2D eigenvalue weighted by Crippen LogP contribution is -1.93. The lowest BCUT2D eigenvalue weighted by atomic mass is 10.1. The van der Waals surface area contributed by atoms with E-state index in [-0.39, 0.29) is 0 Å². The van der Waals surface area contributed by atoms with Gasteiger partial charge in [0.2, 0.25) is 0 Å². The highest BCUT2D eigenvalue weighted by Crippen LogP contribution is 2.20. The normalized spacial score (nSPS) is 8.67. The summed E-state index contributed by atoms with van der Waals surface area (Å²) in [7, 11) is 1.43. The van der Waals surface area contributed by atoms with Crippen LogP contribution >= 0.6 is 0 Å². The molecule has 0 bridgehead atoms. The number of rotatable bonds is 2. The molecule has 0 unspecified atom stereocenters. The van der Waals surface area contributed by atoms with E-state index in [1.165, 1.54) is 7.11 Å². The summed E-state index contributed by atoms with van der Waals surface area (Å²) in [5.74, 6) is 0.343. The van der Waals surface area contributed by atoms with Crippen molar-refractivity contribution in [3.8, 4) is 11.8 Å². The maximum absolute atomic E-state index is 10.5. The summed E-state index contributed by atoms with van der Waals surface area (Å²) >= 11 is 0. The molecule has 0 aromatic heterocycles. The van der Waals surface area contributed by atoms with Crippen LogP contribution in [0.25, 0.3) is 0 Å². The topological polar surface area (TPSA) is 50.1 Å². The molecule has 0 amide bonds. The van der Waals surface area contributed by atoms with Crippen LogP contribution in [0, 0.1) is 11.3 Å². The number of ether oxygens (including phenoxy) is 1. The molecule has 0 spiro atoms. The lowest BCUT2D eigenvalue weighted by molar-refractivity contribution is 0.112. The largest absolute Gasteiger partial charge is 0.495 e. The van der Waals surface area contributed by atoms with Gasteiger partial charge in [-0.1, -0.05) is 6.07 Å². The number of hydrogen-bond acceptors (Lipinski definition) is 3. The third-order valence-electron chi connectivity index (χ3n) is 1.50. The van der Waals surface area contributed by atoms with Crippen molar-refractivity contribution in [1.29, 1.82) is 5.26 Å². The summed E-state index contributed by atoms with van der Waals surface area (Å²) in [5, 5.41) is 8.62. The predicted molar refractivity (Wildman–Crippen MR) is 43.1 cm³/mol. The molecule has 1 rings (SSSR count). The number of nitrogens with zero attached hydrogens (tertiary/aromatic N) is 1. The Labute approximate surface area is 70.2 Å². The van der Waals surface area contributed by atoms with Gasteiger partial charge in [0.25, 0.3) is 0 Å². The molecule has 0 aliphatic heterocycles. The molecule has 0 fully saturated rings. The first kappa shape index (κ1) is 8.28. The van der Waals surface area contributed by atoms with Gasteiger partial charge < -0.3 is 4.74 Å². The van der Waals surface area contributed by atoms with E-state index in [2.05, 4.69) is 0 Å². The Kier molecular flexibility index (Phi) is 2.44. The van der Waals surface area contributed by atoms with Crippen LogP contribution in [0.4, 0.5) is 0 Å². The number of aldehydes is 1. The van der Waals surface area contributed by atoms with Gasteiger partial charge in [-0.15, -0.1) is 0 Å². The highest BCUT2D eigenvalue weighted by molar-refractivity contribution is 5.80. The number of benzene rings is 1. The Morgan fingerprint density at radius 1 is 1.58 bits per heavy atom. The van der Waals surface area contributed by atoms with E-state index < -0.39 is 0 Å². The van der Waals surface area contributed by atoms with Crippen molar-refractivity contribution in [1.82, 2.24) is 0 Å². The fraction of sp³-hybridized carbons (Fsp3) is 0.111. The Bertz CT molecular complexity index is 339. The minimum Gasteiger partial charge on any atom is -0.495 e. The van der Waals surface area contributed by atoms with Gasteiger partial charge in [0, 0.05) is 0 Å². The second kappa shape index (κ2) is 3.54. The van der Waals surface area contributed by atoms with Gasteiger partial charge in [-0.25, -0.2) is 0 Å². The molecular weight excluding hydrogens is 154 g/mol. The van der Waals surface area contributed by atoms with E-state index in [1.54, 1.807) is 18.2 Å². The summed E-state index contributed by atoms with van der Waals surface area (Å²) in [6, 6.07) is 6.79. The summed E-state index contributed by atoms with van der Waals surface area (Å²) < 4.78 is 4.90. The predicted octanol–water partition coefficient (Wildman–Crippen LogP) is 1.38. The van der Waals surface area contributed by atoms with Crippen LogP contribution in [0.15, 0.2) is 18.2 Å². The van der Waals surface area contributed by atoms with Crippen molar-refractivity contribution < 1.29 is 9.53 Å². The molecule has 0 atom stereocenters. The Hall–Kier alpha value is -1.82. The van der Waals surface area contributed by atoms with Gasteiger partial charge in [0.05, 0.1) is 18.2 Å². The van der Waals surface area contributed by atoms with Gasteiger partial charge in [0.15, 0.2) is 6.29 Å². The summed E-state index contributed by atoms with van der Waals surface area (Å²) in [6.45, 7) is 0. The number of carbonyl (C=O) groups excluding carboxylic acids is 1.